The largest absolute Gasteiger partial charge is 0.480 e. The molecule has 0 spiro atoms. The van der Waals surface area contributed by atoms with E-state index >= 15 is 0 Å². The third-order valence-electron chi connectivity index (χ3n) is 8.76. The number of carboxylic acids is 4. The molecular weight excluding hydrogens is 912 g/mol. The molecule has 2 rings (SSSR count). The molecule has 0 aliphatic rings. The number of hydrogen-bond donors (Lipinski definition) is 8. The van der Waals surface area contributed by atoms with Gasteiger partial charge in [0.05, 0.1) is 23.7 Å². The molecule has 0 aromatic heterocycles. The summed E-state index contributed by atoms with van der Waals surface area (Å²) < 4.78 is 150. The number of nitrogens with two attached hydrogens (primary N) is 2. The highest BCUT2D eigenvalue weighted by Gasteiger charge is 2.41. The van der Waals surface area contributed by atoms with E-state index in [1.54, 1.807) is 54.6 Å². The summed E-state index contributed by atoms with van der Waals surface area (Å²) in [4.78, 5) is 53.5. The number of nitrogens with one attached hydrogen (secondary N) is 2. The fraction of sp³-hybridized carbons (Fsp3) is 0.564. The number of benzene rings is 2. The van der Waals surface area contributed by atoms with Crippen molar-refractivity contribution in [2.24, 2.45) is 35.1 Å². The van der Waals surface area contributed by atoms with Crippen LogP contribution >= 0.6 is 0 Å². The minimum atomic E-state index is -4.52. The van der Waals surface area contributed by atoms with Gasteiger partial charge in [-0.25, -0.2) is 9.59 Å². The monoisotopic (exact) mass is 964 g/mol. The fourth-order valence-corrected chi connectivity index (χ4v) is 4.44. The molecule has 1 amide bonds. The number of hydrogen-bond acceptors (Lipinski definition) is 9. The number of halogens is 12. The number of carboxylic acid groups (broad SMARTS) is 4. The predicted octanol–water partition coefficient (Wildman–Crippen LogP) is 7.75. The van der Waals surface area contributed by atoms with E-state index < -0.39 is 128 Å². The van der Waals surface area contributed by atoms with E-state index in [4.69, 9.17) is 36.6 Å². The quantitative estimate of drug-likeness (QED) is 0.0667. The zero-order valence-corrected chi connectivity index (χ0v) is 35.1. The van der Waals surface area contributed by atoms with Gasteiger partial charge in [-0.1, -0.05) is 88.4 Å². The lowest BCUT2D eigenvalue weighted by atomic mass is 10.0. The van der Waals surface area contributed by atoms with Gasteiger partial charge in [0.15, 0.2) is 0 Å². The van der Waals surface area contributed by atoms with E-state index in [2.05, 4.69) is 5.32 Å². The maximum atomic E-state index is 12.4. The first-order valence-electron chi connectivity index (χ1n) is 18.9. The zero-order chi connectivity index (χ0) is 51.1. The van der Waals surface area contributed by atoms with Gasteiger partial charge in [0.25, 0.3) is 0 Å². The van der Waals surface area contributed by atoms with Crippen molar-refractivity contribution in [3.63, 3.8) is 0 Å². The second-order valence-corrected chi connectivity index (χ2v) is 14.5. The Hall–Kier alpha value is -5.37. The average molecular weight is 965 g/mol. The van der Waals surface area contributed by atoms with Gasteiger partial charge in [-0.3, -0.25) is 14.4 Å². The van der Waals surface area contributed by atoms with Gasteiger partial charge in [0.2, 0.25) is 0 Å². The van der Waals surface area contributed by atoms with Gasteiger partial charge in [-0.05, 0) is 36.8 Å². The highest BCUT2D eigenvalue weighted by Crippen LogP contribution is 2.31. The lowest BCUT2D eigenvalue weighted by molar-refractivity contribution is -0.175. The number of ether oxygens (including phenoxy) is 1. The van der Waals surface area contributed by atoms with Crippen LogP contribution in [0.25, 0.3) is 0 Å². The minimum Gasteiger partial charge on any atom is -0.480 e. The summed E-state index contributed by atoms with van der Waals surface area (Å²) in [5.74, 6) is -12.5. The van der Waals surface area contributed by atoms with E-state index in [9.17, 15) is 76.7 Å². The number of alkyl halides is 12. The van der Waals surface area contributed by atoms with Crippen molar-refractivity contribution in [3.05, 3.63) is 71.8 Å². The van der Waals surface area contributed by atoms with Gasteiger partial charge in [-0.2, -0.15) is 52.7 Å². The van der Waals surface area contributed by atoms with E-state index in [-0.39, 0.29) is 13.2 Å². The first-order valence-corrected chi connectivity index (χ1v) is 18.9. The molecule has 0 aliphatic heterocycles. The first-order chi connectivity index (χ1) is 29.5. The molecule has 0 aliphatic carbocycles. The Bertz CT molecular complexity index is 1680. The van der Waals surface area contributed by atoms with Crippen LogP contribution in [0.2, 0.25) is 0 Å². The fourth-order valence-electron chi connectivity index (χ4n) is 4.44. The Kier molecular flexibility index (Phi) is 27.1. The summed E-state index contributed by atoms with van der Waals surface area (Å²) in [5, 5.41) is 38.8. The molecule has 2 aromatic rings. The predicted molar refractivity (Wildman–Crippen MR) is 206 cm³/mol. The third kappa shape index (κ3) is 28.9. The smallest absolute Gasteiger partial charge is 0.408 e. The van der Waals surface area contributed by atoms with Gasteiger partial charge in [0, 0.05) is 6.54 Å². The van der Waals surface area contributed by atoms with E-state index in [0.29, 0.717) is 5.56 Å². The topological polar surface area (TPSA) is 252 Å². The van der Waals surface area contributed by atoms with Crippen LogP contribution in [0.5, 0.6) is 0 Å². The summed E-state index contributed by atoms with van der Waals surface area (Å²) in [6.45, 7) is 3.77. The average Bonchev–Trinajstić information content (AvgIpc) is 3.18. The molecule has 372 valence electrons. The first kappa shape index (κ1) is 61.7. The van der Waals surface area contributed by atoms with Crippen LogP contribution in [0.15, 0.2) is 60.7 Å². The zero-order valence-electron chi connectivity index (χ0n) is 35.1. The van der Waals surface area contributed by atoms with Crippen LogP contribution in [0.4, 0.5) is 57.5 Å². The number of alkyl carbamates (subject to hydrolysis) is 1. The lowest BCUT2D eigenvalue weighted by Crippen LogP contribution is -2.43. The summed E-state index contributed by atoms with van der Waals surface area (Å²) in [6, 6.07) is 11.8. The molecule has 14 nitrogen and oxygen atoms in total. The van der Waals surface area contributed by atoms with Crippen LogP contribution in [-0.2, 0) is 37.1 Å². The molecule has 0 saturated heterocycles. The Balaban J connectivity index is 0. The van der Waals surface area contributed by atoms with Crippen molar-refractivity contribution in [1.29, 1.82) is 0 Å². The van der Waals surface area contributed by atoms with E-state index in [1.165, 1.54) is 0 Å². The Morgan fingerprint density at radius 2 is 0.815 bits per heavy atom. The summed E-state index contributed by atoms with van der Waals surface area (Å²) in [5.41, 5.74) is 11.3. The SMILES string of the molecule is CC(CC(N)C(=O)O)C(F)(F)F.CC(CC(NC(=O)OCc1ccccc1)C(=O)O)C(F)(F)F.CC(CC(NCc1ccccc1)C(=O)O)C(F)(F)F.CC(C[C@H](N)C(=O)O)C(F)(F)F. The van der Waals surface area contributed by atoms with Crippen molar-refractivity contribution < 1.29 is 102 Å². The van der Waals surface area contributed by atoms with Crippen molar-refractivity contribution in [3.8, 4) is 0 Å². The Labute approximate surface area is 364 Å². The number of rotatable bonds is 18. The maximum absolute atomic E-state index is 12.4. The molecule has 0 radical (unpaired) electrons. The van der Waals surface area contributed by atoms with Gasteiger partial charge >= 0.3 is 54.7 Å². The molecule has 0 fully saturated rings. The van der Waals surface area contributed by atoms with Crippen molar-refractivity contribution in [2.75, 3.05) is 0 Å². The van der Waals surface area contributed by atoms with Gasteiger partial charge < -0.3 is 47.3 Å². The Morgan fingerprint density at radius 3 is 1.12 bits per heavy atom. The van der Waals surface area contributed by atoms with Crippen LogP contribution in [0.1, 0.15) is 64.5 Å². The number of aliphatic carboxylic acids is 4. The second-order valence-electron chi connectivity index (χ2n) is 14.5. The summed E-state index contributed by atoms with van der Waals surface area (Å²) in [6.07, 6.45) is -21.1. The molecule has 10 N–H and O–H groups in total. The van der Waals surface area contributed by atoms with Gasteiger partial charge in [0.1, 0.15) is 30.8 Å². The molecule has 0 saturated carbocycles. The third-order valence-corrected chi connectivity index (χ3v) is 8.76. The Morgan fingerprint density at radius 1 is 0.508 bits per heavy atom. The summed E-state index contributed by atoms with van der Waals surface area (Å²) in [7, 11) is 0. The van der Waals surface area contributed by atoms with Crippen LogP contribution in [-0.4, -0.2) is 99.3 Å². The highest BCUT2D eigenvalue weighted by atomic mass is 19.4. The molecule has 0 bridgehead atoms. The number of carbonyl (C=O) groups is 5. The standard InChI is InChI=1S/C14H16F3NO4.C13H16F3NO2.2C6H10F3NO2/c1-9(14(15,16)17)7-11(12(19)20)18-13(21)22-8-10-5-3-2-4-6-10;1-9(13(14,15)16)7-11(12(18)19)17-8-10-5-3-2-4-6-10;2*1-3(6(7,8)9)2-4(10)5(11)12/h2-6,9,11H,7-8H2,1H3,(H,18,21)(H,19,20);2-6,9,11,17H,7-8H2,1H3,(H,18,19);2*3-4H,2,10H2,1H3,(H,11,12)/t;;3?,4-;/m..0./s1. The molecule has 2 aromatic carbocycles. The lowest BCUT2D eigenvalue weighted by Gasteiger charge is -2.21. The van der Waals surface area contributed by atoms with Gasteiger partial charge in [-0.15, -0.1) is 0 Å². The summed E-state index contributed by atoms with van der Waals surface area (Å²) >= 11 is 0. The van der Waals surface area contributed by atoms with Crippen LogP contribution in [0, 0.1) is 23.7 Å². The second kappa shape index (κ2) is 28.5. The van der Waals surface area contributed by atoms with Crippen molar-refractivity contribution in [2.45, 2.75) is 115 Å². The molecule has 65 heavy (non-hydrogen) atoms. The van der Waals surface area contributed by atoms with E-state index in [0.717, 1.165) is 33.3 Å². The number of carbonyl (C=O) groups excluding carboxylic acids is 1. The molecule has 7 unspecified atom stereocenters. The normalized spacial score (nSPS) is 15.4. The molecule has 26 heteroatoms. The molecule has 8 atom stereocenters. The maximum Gasteiger partial charge on any atom is 0.408 e. The van der Waals surface area contributed by atoms with E-state index in [1.807, 2.05) is 11.4 Å². The molecular formula is C39H52F12N4O10. The van der Waals surface area contributed by atoms with Crippen LogP contribution < -0.4 is 22.1 Å². The molecule has 0 heterocycles. The van der Waals surface area contributed by atoms with Crippen LogP contribution in [0.3, 0.4) is 0 Å². The minimum absolute atomic E-state index is 0.103. The number of amides is 1. The van der Waals surface area contributed by atoms with Crippen molar-refractivity contribution in [1.82, 2.24) is 10.6 Å². The highest BCUT2D eigenvalue weighted by molar-refractivity contribution is 5.80. The van der Waals surface area contributed by atoms with Crippen molar-refractivity contribution >= 4 is 30.0 Å².